The van der Waals surface area contributed by atoms with Crippen LogP contribution in [0.2, 0.25) is 0 Å². The van der Waals surface area contributed by atoms with E-state index in [1.807, 2.05) is 12.1 Å². The van der Waals surface area contributed by atoms with Crippen molar-refractivity contribution in [1.29, 1.82) is 0 Å². The van der Waals surface area contributed by atoms with E-state index in [1.165, 1.54) is 0 Å². The Bertz CT molecular complexity index is 866. The number of carbonyl (C=O) groups excluding carboxylic acids is 1. The Hall–Kier alpha value is -2.35. The fraction of sp³-hybridized carbons (Fsp3) is 0.444. The third kappa shape index (κ3) is 4.07. The van der Waals surface area contributed by atoms with E-state index in [0.29, 0.717) is 10.6 Å². The van der Waals surface area contributed by atoms with Crippen molar-refractivity contribution in [2.45, 2.75) is 37.6 Å². The van der Waals surface area contributed by atoms with Gasteiger partial charge in [-0.2, -0.15) is 0 Å². The molecule has 1 aliphatic heterocycles. The van der Waals surface area contributed by atoms with Crippen LogP contribution in [-0.4, -0.2) is 44.4 Å². The van der Waals surface area contributed by atoms with Crippen LogP contribution in [0.15, 0.2) is 39.8 Å². The maximum absolute atomic E-state index is 12.1. The highest BCUT2D eigenvalue weighted by molar-refractivity contribution is 7.91. The molecule has 1 aromatic heterocycles. The molecule has 1 N–H and O–H groups in total. The predicted molar refractivity (Wildman–Crippen MR) is 98.1 cm³/mol. The Morgan fingerprint density at radius 3 is 2.46 bits per heavy atom. The molecule has 0 spiro atoms. The Morgan fingerprint density at radius 1 is 1.27 bits per heavy atom. The maximum atomic E-state index is 12.1. The van der Waals surface area contributed by atoms with E-state index in [4.69, 9.17) is 4.52 Å². The van der Waals surface area contributed by atoms with Gasteiger partial charge in [0.25, 0.3) is 5.91 Å². The number of amides is 1. The van der Waals surface area contributed by atoms with Crippen LogP contribution in [0.3, 0.4) is 0 Å². The lowest BCUT2D eigenvalue weighted by Gasteiger charge is -2.33. The monoisotopic (exact) mass is 377 g/mol. The minimum absolute atomic E-state index is 0.0869. The number of sulfone groups is 1. The predicted octanol–water partition coefficient (Wildman–Crippen LogP) is 2.18. The highest BCUT2D eigenvalue weighted by atomic mass is 32.2. The standard InChI is InChI=1S/C18H23N3O4S/c1-3-26(23,24)16-6-4-15(5-7-16)21-10-8-14(9-11-21)19-18(22)17-12-13(2)20-25-17/h4-7,12,14H,3,8-11H2,1-2H3,(H,19,22). The normalized spacial score (nSPS) is 15.8. The Labute approximate surface area is 153 Å². The van der Waals surface area contributed by atoms with Crippen LogP contribution >= 0.6 is 0 Å². The Balaban J connectivity index is 1.56. The van der Waals surface area contributed by atoms with Gasteiger partial charge in [0.2, 0.25) is 5.76 Å². The number of nitrogens with one attached hydrogen (secondary N) is 1. The molecule has 1 aliphatic rings. The molecule has 1 amide bonds. The number of hydrogen-bond donors (Lipinski definition) is 1. The molecule has 8 heteroatoms. The topological polar surface area (TPSA) is 92.5 Å². The van der Waals surface area contributed by atoms with Crippen LogP contribution in [0.5, 0.6) is 0 Å². The molecule has 0 unspecified atom stereocenters. The van der Waals surface area contributed by atoms with Crippen molar-refractivity contribution < 1.29 is 17.7 Å². The number of rotatable bonds is 5. The first kappa shape index (κ1) is 18.4. The average Bonchev–Trinajstić information content (AvgIpc) is 3.09. The third-order valence-electron chi connectivity index (χ3n) is 4.62. The smallest absolute Gasteiger partial charge is 0.290 e. The minimum Gasteiger partial charge on any atom is -0.371 e. The summed E-state index contributed by atoms with van der Waals surface area (Å²) in [5, 5.41) is 6.70. The van der Waals surface area contributed by atoms with E-state index < -0.39 is 9.84 Å². The van der Waals surface area contributed by atoms with Crippen LogP contribution in [0.25, 0.3) is 0 Å². The molecule has 0 saturated carbocycles. The van der Waals surface area contributed by atoms with Gasteiger partial charge in [0.15, 0.2) is 9.84 Å². The fourth-order valence-electron chi connectivity index (χ4n) is 3.04. The van der Waals surface area contributed by atoms with Gasteiger partial charge in [-0.05, 0) is 44.0 Å². The Morgan fingerprint density at radius 2 is 1.92 bits per heavy atom. The average molecular weight is 377 g/mol. The van der Waals surface area contributed by atoms with Crippen LogP contribution in [0.4, 0.5) is 5.69 Å². The molecule has 1 saturated heterocycles. The lowest BCUT2D eigenvalue weighted by Crippen LogP contribution is -2.44. The molecular weight excluding hydrogens is 354 g/mol. The van der Waals surface area contributed by atoms with Crippen molar-refractivity contribution in [2.24, 2.45) is 0 Å². The molecule has 0 aliphatic carbocycles. The van der Waals surface area contributed by atoms with Gasteiger partial charge in [-0.3, -0.25) is 4.79 Å². The second-order valence-electron chi connectivity index (χ2n) is 6.46. The van der Waals surface area contributed by atoms with Crippen molar-refractivity contribution in [2.75, 3.05) is 23.7 Å². The quantitative estimate of drug-likeness (QED) is 0.858. The summed E-state index contributed by atoms with van der Waals surface area (Å²) in [4.78, 5) is 14.7. The second kappa shape index (κ2) is 7.49. The molecule has 2 aromatic rings. The van der Waals surface area contributed by atoms with Crippen molar-refractivity contribution in [1.82, 2.24) is 10.5 Å². The zero-order valence-electron chi connectivity index (χ0n) is 14.9. The lowest BCUT2D eigenvalue weighted by atomic mass is 10.0. The van der Waals surface area contributed by atoms with E-state index >= 15 is 0 Å². The summed E-state index contributed by atoms with van der Waals surface area (Å²) in [6, 6.07) is 8.72. The van der Waals surface area contributed by atoms with Crippen molar-refractivity contribution in [3.8, 4) is 0 Å². The number of hydrogen-bond acceptors (Lipinski definition) is 6. The van der Waals surface area contributed by atoms with E-state index in [9.17, 15) is 13.2 Å². The van der Waals surface area contributed by atoms with Crippen LogP contribution < -0.4 is 10.2 Å². The van der Waals surface area contributed by atoms with E-state index in [0.717, 1.165) is 31.6 Å². The first-order valence-electron chi connectivity index (χ1n) is 8.71. The minimum atomic E-state index is -3.17. The fourth-order valence-corrected chi connectivity index (χ4v) is 3.92. The molecular formula is C18H23N3O4S. The molecule has 0 radical (unpaired) electrons. The molecule has 1 aromatic carbocycles. The van der Waals surface area contributed by atoms with E-state index in [-0.39, 0.29) is 23.5 Å². The van der Waals surface area contributed by atoms with Gasteiger partial charge in [0, 0.05) is 30.9 Å². The van der Waals surface area contributed by atoms with E-state index in [1.54, 1.807) is 32.0 Å². The molecule has 140 valence electrons. The number of piperidine rings is 1. The van der Waals surface area contributed by atoms with Crippen LogP contribution in [0.1, 0.15) is 36.0 Å². The number of aryl methyl sites for hydroxylation is 1. The molecule has 7 nitrogen and oxygen atoms in total. The van der Waals surface area contributed by atoms with Crippen molar-refractivity contribution in [3.05, 3.63) is 41.8 Å². The highest BCUT2D eigenvalue weighted by Gasteiger charge is 2.23. The maximum Gasteiger partial charge on any atom is 0.290 e. The molecule has 1 fully saturated rings. The third-order valence-corrected chi connectivity index (χ3v) is 6.37. The van der Waals surface area contributed by atoms with Crippen LogP contribution in [-0.2, 0) is 9.84 Å². The van der Waals surface area contributed by atoms with Gasteiger partial charge in [0.1, 0.15) is 0 Å². The first-order valence-corrected chi connectivity index (χ1v) is 10.4. The summed E-state index contributed by atoms with van der Waals surface area (Å²) in [6.07, 6.45) is 1.63. The molecule has 3 rings (SSSR count). The van der Waals surface area contributed by atoms with E-state index in [2.05, 4.69) is 15.4 Å². The zero-order chi connectivity index (χ0) is 18.7. The largest absolute Gasteiger partial charge is 0.371 e. The second-order valence-corrected chi connectivity index (χ2v) is 8.74. The van der Waals surface area contributed by atoms with Gasteiger partial charge in [-0.1, -0.05) is 12.1 Å². The summed E-state index contributed by atoms with van der Waals surface area (Å²) in [5.74, 6) is 0.0955. The summed E-state index contributed by atoms with van der Waals surface area (Å²) >= 11 is 0. The number of benzene rings is 1. The number of aromatic nitrogens is 1. The van der Waals surface area contributed by atoms with Gasteiger partial charge in [0.05, 0.1) is 16.3 Å². The number of carbonyl (C=O) groups is 1. The lowest BCUT2D eigenvalue weighted by molar-refractivity contribution is 0.0893. The van der Waals surface area contributed by atoms with Crippen molar-refractivity contribution in [3.63, 3.8) is 0 Å². The van der Waals surface area contributed by atoms with Gasteiger partial charge >= 0.3 is 0 Å². The molecule has 0 atom stereocenters. The number of anilines is 1. The SMILES string of the molecule is CCS(=O)(=O)c1ccc(N2CCC(NC(=O)c3cc(C)no3)CC2)cc1. The Kier molecular flexibility index (Phi) is 5.31. The molecule has 26 heavy (non-hydrogen) atoms. The zero-order valence-corrected chi connectivity index (χ0v) is 15.8. The molecule has 0 bridgehead atoms. The number of nitrogens with zero attached hydrogens (tertiary/aromatic N) is 2. The highest BCUT2D eigenvalue weighted by Crippen LogP contribution is 2.22. The van der Waals surface area contributed by atoms with Crippen molar-refractivity contribution >= 4 is 21.4 Å². The van der Waals surface area contributed by atoms with Crippen LogP contribution in [0, 0.1) is 6.92 Å². The van der Waals surface area contributed by atoms with Gasteiger partial charge in [-0.25, -0.2) is 8.42 Å². The first-order chi connectivity index (χ1) is 12.4. The van der Waals surface area contributed by atoms with Gasteiger partial charge in [-0.15, -0.1) is 0 Å². The summed E-state index contributed by atoms with van der Waals surface area (Å²) in [7, 11) is -3.17. The summed E-state index contributed by atoms with van der Waals surface area (Å²) < 4.78 is 28.8. The van der Waals surface area contributed by atoms with Gasteiger partial charge < -0.3 is 14.7 Å². The summed E-state index contributed by atoms with van der Waals surface area (Å²) in [5.41, 5.74) is 1.68. The summed E-state index contributed by atoms with van der Waals surface area (Å²) in [6.45, 7) is 5.00. The molecule has 2 heterocycles.